The zero-order chi connectivity index (χ0) is 18.2. The number of hydrogen-bond donors (Lipinski definition) is 1. The summed E-state index contributed by atoms with van der Waals surface area (Å²) in [6, 6.07) is 13.1. The van der Waals surface area contributed by atoms with E-state index >= 15 is 0 Å². The molecule has 2 heterocycles. The minimum absolute atomic E-state index is 0.135. The lowest BCUT2D eigenvalue weighted by atomic mass is 10.1. The van der Waals surface area contributed by atoms with Gasteiger partial charge >= 0.3 is 0 Å². The van der Waals surface area contributed by atoms with Crippen LogP contribution in [0.5, 0.6) is 5.75 Å². The van der Waals surface area contributed by atoms with Crippen molar-refractivity contribution in [3.05, 3.63) is 54.5 Å². The third-order valence-corrected chi connectivity index (χ3v) is 4.44. The van der Waals surface area contributed by atoms with Crippen molar-refractivity contribution in [2.24, 2.45) is 0 Å². The van der Waals surface area contributed by atoms with Gasteiger partial charge in [0.1, 0.15) is 11.9 Å². The smallest absolute Gasteiger partial charge is 0.286 e. The number of rotatable bonds is 7. The summed E-state index contributed by atoms with van der Waals surface area (Å²) in [5.41, 5.74) is 0. The van der Waals surface area contributed by atoms with E-state index in [1.54, 1.807) is 12.1 Å². The van der Waals surface area contributed by atoms with Crippen LogP contribution >= 0.6 is 0 Å². The van der Waals surface area contributed by atoms with Gasteiger partial charge in [0.15, 0.2) is 5.76 Å². The number of nitrogens with zero attached hydrogens (tertiary/aromatic N) is 1. The van der Waals surface area contributed by atoms with Crippen molar-refractivity contribution in [1.82, 2.24) is 10.2 Å². The van der Waals surface area contributed by atoms with Crippen LogP contribution in [0.4, 0.5) is 0 Å². The standard InChI is InChI=1S/C20H24N2O4/c23-19(9-4-12-21-20(24)18-8-5-15-25-18)22-13-10-17(11-14-22)26-16-6-2-1-3-7-16/h1-3,5-8,15,17H,4,9-14H2,(H,21,24). The fraction of sp³-hybridized carbons (Fsp3) is 0.400. The predicted octanol–water partition coefficient (Wildman–Crippen LogP) is 2.86. The third-order valence-electron chi connectivity index (χ3n) is 4.44. The maximum Gasteiger partial charge on any atom is 0.286 e. The molecule has 1 aliphatic heterocycles. The van der Waals surface area contributed by atoms with Crippen LogP contribution in [-0.2, 0) is 4.79 Å². The predicted molar refractivity (Wildman–Crippen MR) is 96.9 cm³/mol. The molecule has 0 saturated carbocycles. The highest BCUT2D eigenvalue weighted by Gasteiger charge is 2.23. The number of hydrogen-bond acceptors (Lipinski definition) is 4. The van der Waals surface area contributed by atoms with E-state index in [1.807, 2.05) is 35.2 Å². The molecular weight excluding hydrogens is 332 g/mol. The lowest BCUT2D eigenvalue weighted by Crippen LogP contribution is -2.42. The number of ether oxygens (including phenoxy) is 1. The number of benzene rings is 1. The van der Waals surface area contributed by atoms with E-state index in [9.17, 15) is 9.59 Å². The molecule has 0 spiro atoms. The molecule has 0 atom stereocenters. The van der Waals surface area contributed by atoms with Crippen LogP contribution in [0.1, 0.15) is 36.2 Å². The van der Waals surface area contributed by atoms with Gasteiger partial charge in [0.2, 0.25) is 5.91 Å². The second-order valence-electron chi connectivity index (χ2n) is 6.35. The molecule has 1 aromatic heterocycles. The second-order valence-corrected chi connectivity index (χ2v) is 6.35. The Balaban J connectivity index is 1.31. The quantitative estimate of drug-likeness (QED) is 0.775. The van der Waals surface area contributed by atoms with Crippen molar-refractivity contribution in [3.8, 4) is 5.75 Å². The van der Waals surface area contributed by atoms with Gasteiger partial charge in [0.25, 0.3) is 5.91 Å². The molecule has 1 aliphatic rings. The fourth-order valence-electron chi connectivity index (χ4n) is 3.01. The summed E-state index contributed by atoms with van der Waals surface area (Å²) in [5, 5.41) is 2.75. The third kappa shape index (κ3) is 5.12. The van der Waals surface area contributed by atoms with Crippen LogP contribution in [0.15, 0.2) is 53.1 Å². The average molecular weight is 356 g/mol. The fourth-order valence-corrected chi connectivity index (χ4v) is 3.01. The highest BCUT2D eigenvalue weighted by atomic mass is 16.5. The lowest BCUT2D eigenvalue weighted by Gasteiger charge is -2.32. The largest absolute Gasteiger partial charge is 0.490 e. The number of carbonyl (C=O) groups is 2. The Kier molecular flexibility index (Phi) is 6.30. The SMILES string of the molecule is O=C(NCCCC(=O)N1CCC(Oc2ccccc2)CC1)c1ccco1. The first-order valence-corrected chi connectivity index (χ1v) is 9.03. The Morgan fingerprint density at radius 1 is 1.12 bits per heavy atom. The molecule has 1 saturated heterocycles. The maximum absolute atomic E-state index is 12.3. The van der Waals surface area contributed by atoms with Crippen LogP contribution in [0.3, 0.4) is 0 Å². The van der Waals surface area contributed by atoms with E-state index in [4.69, 9.17) is 9.15 Å². The first-order valence-electron chi connectivity index (χ1n) is 9.03. The van der Waals surface area contributed by atoms with Crippen LogP contribution in [0.2, 0.25) is 0 Å². The van der Waals surface area contributed by atoms with E-state index in [0.717, 1.165) is 31.7 Å². The van der Waals surface area contributed by atoms with Crippen LogP contribution in [0, 0.1) is 0 Å². The van der Waals surface area contributed by atoms with Gasteiger partial charge in [-0.05, 0) is 30.7 Å². The molecule has 0 aliphatic carbocycles. The number of carbonyl (C=O) groups excluding carboxylic acids is 2. The highest BCUT2D eigenvalue weighted by molar-refractivity contribution is 5.91. The molecule has 6 nitrogen and oxygen atoms in total. The van der Waals surface area contributed by atoms with Crippen LogP contribution in [-0.4, -0.2) is 42.5 Å². The Morgan fingerprint density at radius 3 is 2.58 bits per heavy atom. The van der Waals surface area contributed by atoms with Crippen molar-refractivity contribution in [3.63, 3.8) is 0 Å². The summed E-state index contributed by atoms with van der Waals surface area (Å²) in [6.07, 6.45) is 4.36. The lowest BCUT2D eigenvalue weighted by molar-refractivity contribution is -0.133. The van der Waals surface area contributed by atoms with Gasteiger partial charge < -0.3 is 19.4 Å². The van der Waals surface area contributed by atoms with Gasteiger partial charge in [-0.1, -0.05) is 18.2 Å². The van der Waals surface area contributed by atoms with Gasteiger partial charge in [-0.3, -0.25) is 9.59 Å². The number of furan rings is 1. The van der Waals surface area contributed by atoms with Gasteiger partial charge in [0.05, 0.1) is 6.26 Å². The summed E-state index contributed by atoms with van der Waals surface area (Å²) < 4.78 is 11.0. The Labute approximate surface area is 153 Å². The number of nitrogens with one attached hydrogen (secondary N) is 1. The van der Waals surface area contributed by atoms with Crippen molar-refractivity contribution >= 4 is 11.8 Å². The van der Waals surface area contributed by atoms with Crippen LogP contribution < -0.4 is 10.1 Å². The van der Waals surface area contributed by atoms with Gasteiger partial charge in [-0.2, -0.15) is 0 Å². The Bertz CT molecular complexity index is 692. The summed E-state index contributed by atoms with van der Waals surface area (Å²) in [6.45, 7) is 1.89. The molecule has 138 valence electrons. The minimum atomic E-state index is -0.249. The van der Waals surface area contributed by atoms with E-state index in [0.29, 0.717) is 19.4 Å². The molecule has 3 rings (SSSR count). The van der Waals surface area contributed by atoms with Gasteiger partial charge in [-0.15, -0.1) is 0 Å². The van der Waals surface area contributed by atoms with Crippen molar-refractivity contribution < 1.29 is 18.7 Å². The molecule has 26 heavy (non-hydrogen) atoms. The summed E-state index contributed by atoms with van der Waals surface area (Å²) >= 11 is 0. The zero-order valence-electron chi connectivity index (χ0n) is 14.7. The van der Waals surface area contributed by atoms with Crippen molar-refractivity contribution in [1.29, 1.82) is 0 Å². The minimum Gasteiger partial charge on any atom is -0.490 e. The first kappa shape index (κ1) is 18.0. The van der Waals surface area contributed by atoms with Crippen molar-refractivity contribution in [2.75, 3.05) is 19.6 Å². The topological polar surface area (TPSA) is 71.8 Å². The molecule has 0 bridgehead atoms. The maximum atomic E-state index is 12.3. The molecule has 0 unspecified atom stereocenters. The molecule has 0 radical (unpaired) electrons. The summed E-state index contributed by atoms with van der Waals surface area (Å²) in [5.74, 6) is 1.05. The molecule has 1 aromatic carbocycles. The molecule has 1 fully saturated rings. The summed E-state index contributed by atoms with van der Waals surface area (Å²) in [7, 11) is 0. The number of piperidine rings is 1. The highest BCUT2D eigenvalue weighted by Crippen LogP contribution is 2.19. The normalized spacial score (nSPS) is 14.8. The van der Waals surface area contributed by atoms with Crippen molar-refractivity contribution in [2.45, 2.75) is 31.8 Å². The molecule has 6 heteroatoms. The van der Waals surface area contributed by atoms with E-state index in [1.165, 1.54) is 6.26 Å². The van der Waals surface area contributed by atoms with Gasteiger partial charge in [0, 0.05) is 38.9 Å². The number of likely N-dealkylation sites (tertiary alicyclic amines) is 1. The van der Waals surface area contributed by atoms with E-state index < -0.39 is 0 Å². The number of amides is 2. The molecule has 2 amide bonds. The monoisotopic (exact) mass is 356 g/mol. The number of para-hydroxylation sites is 1. The molecular formula is C20H24N2O4. The van der Waals surface area contributed by atoms with Crippen LogP contribution in [0.25, 0.3) is 0 Å². The second kappa shape index (κ2) is 9.08. The Morgan fingerprint density at radius 2 is 1.88 bits per heavy atom. The zero-order valence-corrected chi connectivity index (χ0v) is 14.7. The first-order chi connectivity index (χ1) is 12.7. The molecule has 2 aromatic rings. The van der Waals surface area contributed by atoms with E-state index in [-0.39, 0.29) is 23.7 Å². The Hall–Kier alpha value is -2.76. The van der Waals surface area contributed by atoms with E-state index in [2.05, 4.69) is 5.32 Å². The summed E-state index contributed by atoms with van der Waals surface area (Å²) in [4.78, 5) is 25.9. The van der Waals surface area contributed by atoms with Gasteiger partial charge in [-0.25, -0.2) is 0 Å². The average Bonchev–Trinajstić information content (AvgIpc) is 3.21. The molecule has 1 N–H and O–H groups in total.